The maximum Gasteiger partial charge on any atom is 0.189 e. The second kappa shape index (κ2) is 7.06. The molecule has 0 radical (unpaired) electrons. The molecular weight excluding hydrogens is 246 g/mol. The van der Waals surface area contributed by atoms with Crippen molar-refractivity contribution in [2.45, 2.75) is 33.0 Å². The van der Waals surface area contributed by atoms with Crippen LogP contribution < -0.4 is 5.73 Å². The van der Waals surface area contributed by atoms with E-state index in [1.54, 1.807) is 12.3 Å². The smallest absolute Gasteiger partial charge is 0.189 e. The van der Waals surface area contributed by atoms with Crippen LogP contribution >= 0.6 is 0 Å². The first-order valence-corrected chi connectivity index (χ1v) is 6.07. The Kier molecular flexibility index (Phi) is 5.72. The number of amidine groups is 1. The summed E-state index contributed by atoms with van der Waals surface area (Å²) >= 11 is 0. The molecule has 0 unspecified atom stereocenters. The largest absolute Gasteiger partial charge is 0.409 e. The third kappa shape index (κ3) is 5.67. The summed E-state index contributed by atoms with van der Waals surface area (Å²) in [6, 6.07) is 3.60. The van der Waals surface area contributed by atoms with Gasteiger partial charge in [0.2, 0.25) is 0 Å². The van der Waals surface area contributed by atoms with Gasteiger partial charge >= 0.3 is 0 Å². The third-order valence-corrected chi connectivity index (χ3v) is 2.26. The number of hydrogen-bond acceptors (Lipinski definition) is 5. The average Bonchev–Trinajstić information content (AvgIpc) is 2.36. The fourth-order valence-electron chi connectivity index (χ4n) is 1.42. The Morgan fingerprint density at radius 2 is 2.16 bits per heavy atom. The minimum Gasteiger partial charge on any atom is -0.409 e. The lowest BCUT2D eigenvalue weighted by atomic mass is 10.2. The van der Waals surface area contributed by atoms with Gasteiger partial charge in [-0.15, -0.1) is 0 Å². The average molecular weight is 267 g/mol. The highest BCUT2D eigenvalue weighted by atomic mass is 16.5. The van der Waals surface area contributed by atoms with Crippen LogP contribution in [-0.4, -0.2) is 34.8 Å². The molecule has 0 aliphatic rings. The number of aromatic nitrogens is 1. The van der Waals surface area contributed by atoms with Crippen LogP contribution in [0.1, 0.15) is 32.0 Å². The number of hydrogen-bond donors (Lipinski definition) is 2. The van der Waals surface area contributed by atoms with Gasteiger partial charge in [0.25, 0.3) is 0 Å². The number of ether oxygens (including phenoxy) is 2. The van der Waals surface area contributed by atoms with E-state index in [1.165, 1.54) is 0 Å². The Balaban J connectivity index is 2.46. The molecule has 0 amide bonds. The molecule has 0 atom stereocenters. The van der Waals surface area contributed by atoms with Crippen LogP contribution in [0.2, 0.25) is 0 Å². The molecule has 0 saturated carbocycles. The van der Waals surface area contributed by atoms with Crippen LogP contribution in [0.4, 0.5) is 0 Å². The van der Waals surface area contributed by atoms with E-state index >= 15 is 0 Å². The van der Waals surface area contributed by atoms with E-state index in [2.05, 4.69) is 10.1 Å². The summed E-state index contributed by atoms with van der Waals surface area (Å²) in [5, 5.41) is 11.6. The van der Waals surface area contributed by atoms with E-state index < -0.39 is 0 Å². The van der Waals surface area contributed by atoms with Gasteiger partial charge in [-0.3, -0.25) is 4.98 Å². The van der Waals surface area contributed by atoms with E-state index in [1.807, 2.05) is 26.8 Å². The zero-order valence-corrected chi connectivity index (χ0v) is 11.6. The van der Waals surface area contributed by atoms with Crippen LogP contribution in [0.5, 0.6) is 0 Å². The first-order chi connectivity index (χ1) is 8.94. The molecule has 1 aromatic rings. The van der Waals surface area contributed by atoms with Gasteiger partial charge in [0.05, 0.1) is 25.4 Å². The minimum absolute atomic E-state index is 0.0230. The zero-order valence-electron chi connectivity index (χ0n) is 11.6. The summed E-state index contributed by atoms with van der Waals surface area (Å²) in [7, 11) is 0. The van der Waals surface area contributed by atoms with Gasteiger partial charge in [-0.1, -0.05) is 11.2 Å². The Labute approximate surface area is 113 Å². The minimum atomic E-state index is -0.170. The zero-order chi connectivity index (χ0) is 14.3. The van der Waals surface area contributed by atoms with Gasteiger partial charge in [-0.2, -0.15) is 0 Å². The van der Waals surface area contributed by atoms with Crippen molar-refractivity contribution in [3.05, 3.63) is 29.6 Å². The molecule has 1 aromatic heterocycles. The van der Waals surface area contributed by atoms with E-state index in [9.17, 15) is 0 Å². The molecule has 6 heteroatoms. The number of oxime groups is 1. The van der Waals surface area contributed by atoms with Crippen LogP contribution in [0.25, 0.3) is 0 Å². The van der Waals surface area contributed by atoms with Gasteiger partial charge < -0.3 is 20.4 Å². The molecule has 0 saturated heterocycles. The van der Waals surface area contributed by atoms with Gasteiger partial charge in [0, 0.05) is 11.8 Å². The van der Waals surface area contributed by atoms with E-state index in [0.29, 0.717) is 25.5 Å². The predicted molar refractivity (Wildman–Crippen MR) is 72.1 cm³/mol. The topological polar surface area (TPSA) is 90.0 Å². The molecule has 19 heavy (non-hydrogen) atoms. The number of rotatable bonds is 6. The van der Waals surface area contributed by atoms with E-state index in [4.69, 9.17) is 20.4 Å². The molecular formula is C13H21N3O3. The second-order valence-corrected chi connectivity index (χ2v) is 5.01. The Morgan fingerprint density at radius 3 is 2.79 bits per heavy atom. The molecule has 0 spiro atoms. The SMILES string of the molecule is CC(C)(C)OCCOCc1cccnc1/C(N)=N/O. The molecule has 106 valence electrons. The van der Waals surface area contributed by atoms with Gasteiger partial charge in [0.1, 0.15) is 5.69 Å². The monoisotopic (exact) mass is 267 g/mol. The molecule has 1 rings (SSSR count). The summed E-state index contributed by atoms with van der Waals surface area (Å²) in [6.07, 6.45) is 1.58. The third-order valence-electron chi connectivity index (χ3n) is 2.26. The molecule has 0 fully saturated rings. The summed E-state index contributed by atoms with van der Waals surface area (Å²) in [5.74, 6) is -0.0230. The summed E-state index contributed by atoms with van der Waals surface area (Å²) in [6.45, 7) is 7.30. The van der Waals surface area contributed by atoms with E-state index in [0.717, 1.165) is 5.56 Å². The van der Waals surface area contributed by atoms with Crippen molar-refractivity contribution in [1.82, 2.24) is 4.98 Å². The lowest BCUT2D eigenvalue weighted by Crippen LogP contribution is -2.22. The summed E-state index contributed by atoms with van der Waals surface area (Å²) < 4.78 is 11.0. The highest BCUT2D eigenvalue weighted by Gasteiger charge is 2.10. The normalized spacial score (nSPS) is 12.7. The number of pyridine rings is 1. The summed E-state index contributed by atoms with van der Waals surface area (Å²) in [4.78, 5) is 4.06. The highest BCUT2D eigenvalue weighted by Crippen LogP contribution is 2.08. The van der Waals surface area contributed by atoms with Crippen molar-refractivity contribution < 1.29 is 14.7 Å². The fraction of sp³-hybridized carbons (Fsp3) is 0.538. The molecule has 1 heterocycles. The van der Waals surface area contributed by atoms with Crippen molar-refractivity contribution in [1.29, 1.82) is 0 Å². The Bertz CT molecular complexity index is 427. The standard InChI is InChI=1S/C13H21N3O3/c1-13(2,3)19-8-7-18-9-10-5-4-6-15-11(10)12(14)16-17/h4-6,17H,7-9H2,1-3H3,(H2,14,16). The quantitative estimate of drug-likeness (QED) is 0.268. The van der Waals surface area contributed by atoms with Crippen molar-refractivity contribution in [3.8, 4) is 0 Å². The molecule has 6 nitrogen and oxygen atoms in total. The number of nitrogens with two attached hydrogens (primary N) is 1. The maximum atomic E-state index is 8.67. The Morgan fingerprint density at radius 1 is 1.42 bits per heavy atom. The number of nitrogens with zero attached hydrogens (tertiary/aromatic N) is 2. The lowest BCUT2D eigenvalue weighted by Gasteiger charge is -2.19. The summed E-state index contributed by atoms with van der Waals surface area (Å²) in [5.41, 5.74) is 6.57. The van der Waals surface area contributed by atoms with Crippen molar-refractivity contribution in [2.75, 3.05) is 13.2 Å². The lowest BCUT2D eigenvalue weighted by molar-refractivity contribution is -0.0377. The Hall–Kier alpha value is -1.66. The van der Waals surface area contributed by atoms with Crippen LogP contribution in [0.3, 0.4) is 0 Å². The first kappa shape index (κ1) is 15.4. The van der Waals surface area contributed by atoms with Crippen LogP contribution in [0.15, 0.2) is 23.5 Å². The highest BCUT2D eigenvalue weighted by molar-refractivity contribution is 5.96. The first-order valence-electron chi connectivity index (χ1n) is 6.07. The molecule has 0 bridgehead atoms. The van der Waals surface area contributed by atoms with Crippen molar-refractivity contribution in [3.63, 3.8) is 0 Å². The molecule has 0 aliphatic carbocycles. The molecule has 3 N–H and O–H groups in total. The van der Waals surface area contributed by atoms with Gasteiger partial charge in [-0.25, -0.2) is 0 Å². The maximum absolute atomic E-state index is 8.67. The van der Waals surface area contributed by atoms with Crippen LogP contribution in [0, 0.1) is 0 Å². The molecule has 0 aliphatic heterocycles. The van der Waals surface area contributed by atoms with Crippen LogP contribution in [-0.2, 0) is 16.1 Å². The van der Waals surface area contributed by atoms with Gasteiger partial charge in [-0.05, 0) is 26.8 Å². The fourth-order valence-corrected chi connectivity index (χ4v) is 1.42. The van der Waals surface area contributed by atoms with E-state index in [-0.39, 0.29) is 11.4 Å². The van der Waals surface area contributed by atoms with Gasteiger partial charge in [0.15, 0.2) is 5.84 Å². The predicted octanol–water partition coefficient (Wildman–Crippen LogP) is 1.51. The molecule has 0 aromatic carbocycles. The van der Waals surface area contributed by atoms with Crippen molar-refractivity contribution >= 4 is 5.84 Å². The van der Waals surface area contributed by atoms with Crippen molar-refractivity contribution in [2.24, 2.45) is 10.9 Å². The second-order valence-electron chi connectivity index (χ2n) is 5.01.